The summed E-state index contributed by atoms with van der Waals surface area (Å²) in [6.45, 7) is 0. The quantitative estimate of drug-likeness (QED) is 0.280. The molecule has 0 atom stereocenters. The molecule has 0 aromatic heterocycles. The predicted octanol–water partition coefficient (Wildman–Crippen LogP) is -3.71. The van der Waals surface area contributed by atoms with Gasteiger partial charge in [0.1, 0.15) is 4.90 Å². The molecule has 4 N–H and O–H groups in total. The van der Waals surface area contributed by atoms with Gasteiger partial charge in [0.05, 0.1) is 11.3 Å². The van der Waals surface area contributed by atoms with E-state index < -0.39 is 38.0 Å². The van der Waals surface area contributed by atoms with Crippen molar-refractivity contribution in [3.63, 3.8) is 0 Å². The first-order chi connectivity index (χ1) is 6.75. The molecule has 9 heteroatoms. The maximum absolute atomic E-state index is 11.0. The van der Waals surface area contributed by atoms with Crippen molar-refractivity contribution in [1.82, 2.24) is 0 Å². The Morgan fingerprint density at radius 2 is 1.88 bits per heavy atom. The fraction of sp³-hybridized carbons (Fsp3) is 0. The minimum Gasteiger partial charge on any atom is -0.872 e. The minimum absolute atomic E-state index is 0. The van der Waals surface area contributed by atoms with Gasteiger partial charge in [-0.25, -0.2) is 4.79 Å². The van der Waals surface area contributed by atoms with Gasteiger partial charge >= 0.3 is 35.5 Å². The van der Waals surface area contributed by atoms with Crippen LogP contribution in [0.5, 0.6) is 5.75 Å². The number of hydrogen-bond acceptors (Lipinski definition) is 5. The van der Waals surface area contributed by atoms with Crippen LogP contribution in [0.3, 0.4) is 0 Å². The van der Waals surface area contributed by atoms with Crippen LogP contribution in [0.4, 0.5) is 5.69 Å². The minimum atomic E-state index is -4.63. The van der Waals surface area contributed by atoms with Crippen molar-refractivity contribution in [2.45, 2.75) is 4.90 Å². The summed E-state index contributed by atoms with van der Waals surface area (Å²) >= 11 is 0. The van der Waals surface area contributed by atoms with E-state index in [2.05, 4.69) is 0 Å². The van der Waals surface area contributed by atoms with E-state index in [1.807, 2.05) is 0 Å². The van der Waals surface area contributed by atoms with E-state index in [4.69, 9.17) is 15.4 Å². The first-order valence-corrected chi connectivity index (χ1v) is 4.99. The first kappa shape index (κ1) is 15.2. The van der Waals surface area contributed by atoms with Gasteiger partial charge in [-0.05, 0) is 6.07 Å². The molecule has 82 valence electrons. The standard InChI is InChI=1S/C7H7NO6S.Na/c8-6-4(15(12,13)14)2-1-3(9)5(6)7(10)11;/h1-2,9H,8H2,(H,10,11)(H,12,13,14);/q;+1/p-1. The molecule has 0 spiro atoms. The summed E-state index contributed by atoms with van der Waals surface area (Å²) in [7, 11) is -4.63. The molecule has 0 amide bonds. The summed E-state index contributed by atoms with van der Waals surface area (Å²) in [6.07, 6.45) is 0. The Balaban J connectivity index is 0.00000225. The number of benzene rings is 1. The second-order valence-corrected chi connectivity index (χ2v) is 4.02. The SMILES string of the molecule is Nc1c(S(=O)(=O)O)ccc([O-])c1C(=O)O.[Na+]. The molecule has 0 aliphatic carbocycles. The molecule has 1 rings (SSSR count). The maximum Gasteiger partial charge on any atom is 1.00 e. The largest absolute Gasteiger partial charge is 1.00 e. The second kappa shape index (κ2) is 5.02. The van der Waals surface area contributed by atoms with Crippen molar-refractivity contribution in [2.75, 3.05) is 5.73 Å². The topological polar surface area (TPSA) is 141 Å². The number of rotatable bonds is 2. The molecule has 0 fully saturated rings. The van der Waals surface area contributed by atoms with E-state index in [9.17, 15) is 18.3 Å². The number of carboxylic acid groups (broad SMARTS) is 1. The molecular weight excluding hydrogens is 249 g/mol. The monoisotopic (exact) mass is 255 g/mol. The Kier molecular flexibility index (Phi) is 4.77. The molecule has 0 aliphatic heterocycles. The molecule has 0 saturated heterocycles. The number of carbonyl (C=O) groups is 1. The van der Waals surface area contributed by atoms with Crippen molar-refractivity contribution in [1.29, 1.82) is 0 Å². The number of aromatic carboxylic acids is 1. The summed E-state index contributed by atoms with van der Waals surface area (Å²) < 4.78 is 30.1. The average molecular weight is 255 g/mol. The van der Waals surface area contributed by atoms with E-state index in [-0.39, 0.29) is 29.6 Å². The Labute approximate surface area is 113 Å². The first-order valence-electron chi connectivity index (χ1n) is 3.55. The molecule has 0 heterocycles. The van der Waals surface area contributed by atoms with Gasteiger partial charge in [0.15, 0.2) is 0 Å². The third kappa shape index (κ3) is 2.86. The third-order valence-corrected chi connectivity index (χ3v) is 2.57. The van der Waals surface area contributed by atoms with Crippen LogP contribution < -0.4 is 40.4 Å². The Bertz CT molecular complexity index is 526. The van der Waals surface area contributed by atoms with Crippen molar-refractivity contribution >= 4 is 21.8 Å². The van der Waals surface area contributed by atoms with Crippen LogP contribution in [0.1, 0.15) is 10.4 Å². The van der Waals surface area contributed by atoms with Crippen LogP contribution in [-0.4, -0.2) is 24.0 Å². The zero-order chi connectivity index (χ0) is 11.8. The van der Waals surface area contributed by atoms with Crippen molar-refractivity contribution < 1.29 is 57.5 Å². The molecule has 16 heavy (non-hydrogen) atoms. The van der Waals surface area contributed by atoms with Gasteiger partial charge in [-0.2, -0.15) is 8.42 Å². The van der Waals surface area contributed by atoms with Gasteiger partial charge in [0.25, 0.3) is 10.1 Å². The van der Waals surface area contributed by atoms with Crippen LogP contribution in [0, 0.1) is 0 Å². The maximum atomic E-state index is 11.0. The Morgan fingerprint density at radius 3 is 2.25 bits per heavy atom. The Hall–Kier alpha value is -0.800. The average Bonchev–Trinajstić information content (AvgIpc) is 2.00. The van der Waals surface area contributed by atoms with Gasteiger partial charge in [-0.15, -0.1) is 0 Å². The van der Waals surface area contributed by atoms with Crippen LogP contribution in [0.25, 0.3) is 0 Å². The zero-order valence-electron chi connectivity index (χ0n) is 8.17. The summed E-state index contributed by atoms with van der Waals surface area (Å²) in [5, 5.41) is 19.6. The zero-order valence-corrected chi connectivity index (χ0v) is 11.0. The summed E-state index contributed by atoms with van der Waals surface area (Å²) in [5.41, 5.74) is 3.51. The van der Waals surface area contributed by atoms with E-state index in [1.54, 1.807) is 0 Å². The predicted molar refractivity (Wildman–Crippen MR) is 47.1 cm³/mol. The number of nitrogen functional groups attached to an aromatic ring is 1. The molecule has 0 aliphatic rings. The number of carboxylic acids is 1. The van der Waals surface area contributed by atoms with Gasteiger partial charge in [-0.3, -0.25) is 4.55 Å². The second-order valence-electron chi connectivity index (χ2n) is 2.63. The molecular formula is C7H6NNaO6S. The van der Waals surface area contributed by atoms with Crippen LogP contribution in [0.15, 0.2) is 17.0 Å². The smallest absolute Gasteiger partial charge is 0.872 e. The van der Waals surface area contributed by atoms with Crippen LogP contribution in [0.2, 0.25) is 0 Å². The normalized spacial score (nSPS) is 10.6. The molecule has 1 aromatic carbocycles. The molecule has 0 radical (unpaired) electrons. The molecule has 0 bridgehead atoms. The number of hydrogen-bond donors (Lipinski definition) is 3. The van der Waals surface area contributed by atoms with Gasteiger partial charge in [0.2, 0.25) is 0 Å². The number of anilines is 1. The van der Waals surface area contributed by atoms with Gasteiger partial charge < -0.3 is 15.9 Å². The van der Waals surface area contributed by atoms with E-state index in [0.717, 1.165) is 6.07 Å². The molecule has 0 unspecified atom stereocenters. The molecule has 1 aromatic rings. The fourth-order valence-electron chi connectivity index (χ4n) is 1.03. The summed E-state index contributed by atoms with van der Waals surface area (Å²) in [5.74, 6) is -2.57. The van der Waals surface area contributed by atoms with E-state index in [0.29, 0.717) is 6.07 Å². The fourth-order valence-corrected chi connectivity index (χ4v) is 1.65. The van der Waals surface area contributed by atoms with Crippen molar-refractivity contribution in [2.24, 2.45) is 0 Å². The van der Waals surface area contributed by atoms with Crippen molar-refractivity contribution in [3.05, 3.63) is 17.7 Å². The van der Waals surface area contributed by atoms with E-state index in [1.165, 1.54) is 0 Å². The summed E-state index contributed by atoms with van der Waals surface area (Å²) in [4.78, 5) is 9.77. The molecule has 0 saturated carbocycles. The molecule has 7 nitrogen and oxygen atoms in total. The third-order valence-electron chi connectivity index (χ3n) is 1.66. The summed E-state index contributed by atoms with van der Waals surface area (Å²) in [6, 6.07) is 1.46. The van der Waals surface area contributed by atoms with E-state index >= 15 is 0 Å². The van der Waals surface area contributed by atoms with Crippen LogP contribution >= 0.6 is 0 Å². The van der Waals surface area contributed by atoms with Gasteiger partial charge in [-0.1, -0.05) is 11.8 Å². The number of nitrogens with two attached hydrogens (primary N) is 1. The van der Waals surface area contributed by atoms with Crippen LogP contribution in [-0.2, 0) is 10.1 Å². The Morgan fingerprint density at radius 1 is 1.38 bits per heavy atom. The van der Waals surface area contributed by atoms with Crippen molar-refractivity contribution in [3.8, 4) is 5.75 Å². The van der Waals surface area contributed by atoms with Gasteiger partial charge in [0, 0.05) is 0 Å².